The van der Waals surface area contributed by atoms with Gasteiger partial charge in [0.15, 0.2) is 0 Å². The van der Waals surface area contributed by atoms with Crippen LogP contribution in [0.1, 0.15) is 38.3 Å². The quantitative estimate of drug-likeness (QED) is 0.885. The van der Waals surface area contributed by atoms with E-state index in [0.29, 0.717) is 18.2 Å². The zero-order chi connectivity index (χ0) is 16.8. The highest BCUT2D eigenvalue weighted by Gasteiger charge is 2.20. The van der Waals surface area contributed by atoms with Gasteiger partial charge in [-0.05, 0) is 30.9 Å². The third-order valence-electron chi connectivity index (χ3n) is 4.31. The fraction of sp³-hybridized carbons (Fsp3) is 0.500. The number of pyridine rings is 1. The van der Waals surface area contributed by atoms with Crippen LogP contribution in [0.15, 0.2) is 36.8 Å². The van der Waals surface area contributed by atoms with Gasteiger partial charge in [0.1, 0.15) is 6.61 Å². The van der Waals surface area contributed by atoms with E-state index in [0.717, 1.165) is 18.5 Å². The molecule has 1 amide bonds. The Morgan fingerprint density at radius 1 is 1.42 bits per heavy atom. The van der Waals surface area contributed by atoms with Crippen LogP contribution in [0, 0.1) is 5.92 Å². The third-order valence-corrected chi connectivity index (χ3v) is 4.31. The first kappa shape index (κ1) is 16.6. The Balaban J connectivity index is 1.45. The van der Waals surface area contributed by atoms with Crippen LogP contribution in [0.3, 0.4) is 0 Å². The van der Waals surface area contributed by atoms with E-state index in [-0.39, 0.29) is 18.6 Å². The molecular weight excluding hydrogens is 304 g/mol. The number of rotatable bonds is 6. The number of nitrogens with zero attached hydrogens (tertiary/aromatic N) is 3. The summed E-state index contributed by atoms with van der Waals surface area (Å²) in [6.07, 6.45) is 9.97. The molecule has 0 spiro atoms. The monoisotopic (exact) mass is 328 g/mol. The van der Waals surface area contributed by atoms with Crippen LogP contribution < -0.4 is 5.32 Å². The molecule has 0 bridgehead atoms. The second-order valence-electron chi connectivity index (χ2n) is 6.50. The maximum Gasteiger partial charge on any atom is 0.250 e. The van der Waals surface area contributed by atoms with Gasteiger partial charge in [-0.3, -0.25) is 14.5 Å². The van der Waals surface area contributed by atoms with Crippen molar-refractivity contribution in [2.45, 2.75) is 45.3 Å². The first-order valence-electron chi connectivity index (χ1n) is 8.53. The van der Waals surface area contributed by atoms with Crippen LogP contribution in [-0.4, -0.2) is 33.4 Å². The molecular formula is C18H24N4O2. The molecule has 2 aromatic rings. The molecule has 1 N–H and O–H groups in total. The summed E-state index contributed by atoms with van der Waals surface area (Å²) in [6, 6.07) is 5.77. The Morgan fingerprint density at radius 3 is 3.12 bits per heavy atom. The molecule has 24 heavy (non-hydrogen) atoms. The number of hydrogen-bond acceptors (Lipinski definition) is 4. The minimum atomic E-state index is -0.134. The molecule has 1 aliphatic carbocycles. The van der Waals surface area contributed by atoms with Crippen LogP contribution in [0.2, 0.25) is 0 Å². The van der Waals surface area contributed by atoms with Crippen molar-refractivity contribution in [1.29, 1.82) is 0 Å². The highest BCUT2D eigenvalue weighted by atomic mass is 16.5. The average molecular weight is 328 g/mol. The molecule has 6 nitrogen and oxygen atoms in total. The van der Waals surface area contributed by atoms with Crippen molar-refractivity contribution in [2.24, 2.45) is 5.92 Å². The molecule has 2 heterocycles. The summed E-state index contributed by atoms with van der Waals surface area (Å²) in [5.74, 6) is 0.558. The van der Waals surface area contributed by atoms with E-state index >= 15 is 0 Å². The molecule has 1 fully saturated rings. The molecule has 6 heteroatoms. The zero-order valence-electron chi connectivity index (χ0n) is 14.0. The molecule has 3 rings (SSSR count). The average Bonchev–Trinajstić information content (AvgIpc) is 3.01. The summed E-state index contributed by atoms with van der Waals surface area (Å²) in [7, 11) is 0. The first-order chi connectivity index (χ1) is 11.7. The van der Waals surface area contributed by atoms with Crippen LogP contribution in [0.4, 0.5) is 5.69 Å². The van der Waals surface area contributed by atoms with E-state index < -0.39 is 0 Å². The summed E-state index contributed by atoms with van der Waals surface area (Å²) in [6.45, 7) is 2.92. The fourth-order valence-electron chi connectivity index (χ4n) is 3.09. The summed E-state index contributed by atoms with van der Waals surface area (Å²) in [5.41, 5.74) is 1.60. The Morgan fingerprint density at radius 2 is 2.33 bits per heavy atom. The Kier molecular flexibility index (Phi) is 5.59. The van der Waals surface area contributed by atoms with Crippen molar-refractivity contribution in [3.05, 3.63) is 42.5 Å². The lowest BCUT2D eigenvalue weighted by atomic mass is 9.89. The largest absolute Gasteiger partial charge is 0.368 e. The maximum absolute atomic E-state index is 12.0. The van der Waals surface area contributed by atoms with Gasteiger partial charge in [0.25, 0.3) is 0 Å². The number of hydrogen-bond donors (Lipinski definition) is 1. The molecule has 2 atom stereocenters. The topological polar surface area (TPSA) is 69.0 Å². The van der Waals surface area contributed by atoms with Crippen LogP contribution in [0.5, 0.6) is 0 Å². The Bertz CT molecular complexity index is 656. The van der Waals surface area contributed by atoms with E-state index in [4.69, 9.17) is 4.74 Å². The Labute approximate surface area is 142 Å². The standard InChI is InChI=1S/C18H24N4O2/c1-14-5-4-7-17(9-14)24-13-18(23)21-16-10-20-22(12-16)11-15-6-2-3-8-19-15/h2-3,6,8,10,12,14,17H,4-5,7,9,11,13H2,1H3,(H,21,23). The van der Waals surface area contributed by atoms with Crippen molar-refractivity contribution in [1.82, 2.24) is 14.8 Å². The van der Waals surface area contributed by atoms with Crippen LogP contribution in [-0.2, 0) is 16.1 Å². The van der Waals surface area contributed by atoms with Crippen molar-refractivity contribution in [2.75, 3.05) is 11.9 Å². The van der Waals surface area contributed by atoms with E-state index in [9.17, 15) is 4.79 Å². The molecule has 0 radical (unpaired) electrons. The van der Waals surface area contributed by atoms with Gasteiger partial charge in [-0.25, -0.2) is 0 Å². The summed E-state index contributed by atoms with van der Waals surface area (Å²) in [5, 5.41) is 7.08. The van der Waals surface area contributed by atoms with Crippen LogP contribution in [0.25, 0.3) is 0 Å². The lowest BCUT2D eigenvalue weighted by molar-refractivity contribution is -0.123. The van der Waals surface area contributed by atoms with Gasteiger partial charge in [-0.2, -0.15) is 5.10 Å². The lowest BCUT2D eigenvalue weighted by Crippen LogP contribution is -2.26. The second-order valence-corrected chi connectivity index (χ2v) is 6.50. The number of carbonyl (C=O) groups excluding carboxylic acids is 1. The van der Waals surface area contributed by atoms with Gasteiger partial charge in [0, 0.05) is 12.4 Å². The molecule has 2 unspecified atom stereocenters. The summed E-state index contributed by atoms with van der Waals surface area (Å²) >= 11 is 0. The molecule has 128 valence electrons. The van der Waals surface area contributed by atoms with Crippen molar-refractivity contribution in [3.8, 4) is 0 Å². The minimum Gasteiger partial charge on any atom is -0.368 e. The first-order valence-corrected chi connectivity index (χ1v) is 8.53. The molecule has 1 saturated carbocycles. The molecule has 1 aliphatic rings. The van der Waals surface area contributed by atoms with E-state index in [2.05, 4.69) is 22.3 Å². The predicted octanol–water partition coefficient (Wildman–Crippen LogP) is 2.86. The van der Waals surface area contributed by atoms with Gasteiger partial charge in [-0.15, -0.1) is 0 Å². The molecule has 2 aromatic heterocycles. The molecule has 0 aliphatic heterocycles. The number of anilines is 1. The summed E-state index contributed by atoms with van der Waals surface area (Å²) in [4.78, 5) is 16.3. The van der Waals surface area contributed by atoms with Gasteiger partial charge < -0.3 is 10.1 Å². The number of amides is 1. The van der Waals surface area contributed by atoms with E-state index in [1.807, 2.05) is 18.2 Å². The van der Waals surface area contributed by atoms with E-state index in [1.54, 1.807) is 23.3 Å². The number of carbonyl (C=O) groups is 1. The highest BCUT2D eigenvalue weighted by molar-refractivity contribution is 5.91. The van der Waals surface area contributed by atoms with Crippen molar-refractivity contribution < 1.29 is 9.53 Å². The third kappa shape index (κ3) is 4.89. The van der Waals surface area contributed by atoms with Crippen LogP contribution >= 0.6 is 0 Å². The zero-order valence-corrected chi connectivity index (χ0v) is 14.0. The number of aromatic nitrogens is 3. The minimum absolute atomic E-state index is 0.100. The molecule has 0 saturated heterocycles. The highest BCUT2D eigenvalue weighted by Crippen LogP contribution is 2.25. The normalized spacial score (nSPS) is 20.7. The van der Waals surface area contributed by atoms with Gasteiger partial charge >= 0.3 is 0 Å². The van der Waals surface area contributed by atoms with Gasteiger partial charge in [0.2, 0.25) is 5.91 Å². The number of nitrogens with one attached hydrogen (secondary N) is 1. The van der Waals surface area contributed by atoms with Crippen molar-refractivity contribution in [3.63, 3.8) is 0 Å². The van der Waals surface area contributed by atoms with Gasteiger partial charge in [0.05, 0.1) is 30.2 Å². The second kappa shape index (κ2) is 8.06. The summed E-state index contributed by atoms with van der Waals surface area (Å²) < 4.78 is 7.49. The van der Waals surface area contributed by atoms with Gasteiger partial charge in [-0.1, -0.05) is 25.8 Å². The van der Waals surface area contributed by atoms with E-state index in [1.165, 1.54) is 12.8 Å². The predicted molar refractivity (Wildman–Crippen MR) is 91.6 cm³/mol. The smallest absolute Gasteiger partial charge is 0.250 e. The maximum atomic E-state index is 12.0. The van der Waals surface area contributed by atoms with Crippen molar-refractivity contribution >= 4 is 11.6 Å². The number of ether oxygens (including phenoxy) is 1. The molecule has 0 aromatic carbocycles. The SMILES string of the molecule is CC1CCCC(OCC(=O)Nc2cnn(Cc3ccccn3)c2)C1. The Hall–Kier alpha value is -2.21. The fourth-order valence-corrected chi connectivity index (χ4v) is 3.09. The lowest BCUT2D eigenvalue weighted by Gasteiger charge is -2.26.